The van der Waals surface area contributed by atoms with Crippen LogP contribution in [0, 0.1) is 11.8 Å². The van der Waals surface area contributed by atoms with Crippen molar-refractivity contribution in [3.63, 3.8) is 0 Å². The number of carbonyl (C=O) groups excluding carboxylic acids is 2. The van der Waals surface area contributed by atoms with Crippen molar-refractivity contribution >= 4 is 23.4 Å². The van der Waals surface area contributed by atoms with Crippen LogP contribution in [0.4, 0.5) is 0 Å². The van der Waals surface area contributed by atoms with Gasteiger partial charge in [0.25, 0.3) is 0 Å². The Bertz CT molecular complexity index is 521. The van der Waals surface area contributed by atoms with Gasteiger partial charge in [0.2, 0.25) is 11.8 Å². The summed E-state index contributed by atoms with van der Waals surface area (Å²) in [6, 6.07) is 7.06. The van der Waals surface area contributed by atoms with E-state index in [1.54, 1.807) is 24.3 Å². The number of rotatable bonds is 7. The van der Waals surface area contributed by atoms with Crippen LogP contribution in [-0.4, -0.2) is 31.5 Å². The van der Waals surface area contributed by atoms with E-state index in [-0.39, 0.29) is 24.3 Å². The van der Waals surface area contributed by atoms with Crippen molar-refractivity contribution in [1.29, 1.82) is 0 Å². The summed E-state index contributed by atoms with van der Waals surface area (Å²) in [5.74, 6) is 0.940. The van der Waals surface area contributed by atoms with Gasteiger partial charge in [0.1, 0.15) is 12.4 Å². The van der Waals surface area contributed by atoms with Crippen LogP contribution >= 0.6 is 11.6 Å². The predicted octanol–water partition coefficient (Wildman–Crippen LogP) is 1.61. The number of amides is 2. The van der Waals surface area contributed by atoms with Gasteiger partial charge in [0.05, 0.1) is 13.1 Å². The fraction of sp³-hybridized carbons (Fsp3) is 0.467. The summed E-state index contributed by atoms with van der Waals surface area (Å²) in [7, 11) is 0. The minimum Gasteiger partial charge on any atom is -0.492 e. The first-order valence-corrected chi connectivity index (χ1v) is 7.37. The van der Waals surface area contributed by atoms with Crippen LogP contribution in [0.15, 0.2) is 24.3 Å². The molecule has 1 saturated carbocycles. The summed E-state index contributed by atoms with van der Waals surface area (Å²) >= 11 is 5.83. The molecule has 21 heavy (non-hydrogen) atoms. The molecule has 0 heterocycles. The third-order valence-corrected chi connectivity index (χ3v) is 3.59. The molecular formula is C15H19ClN2O3. The second-order valence-corrected chi connectivity index (χ2v) is 5.63. The molecule has 0 spiro atoms. The molecule has 1 aromatic carbocycles. The lowest BCUT2D eigenvalue weighted by molar-refractivity contribution is -0.127. The van der Waals surface area contributed by atoms with Gasteiger partial charge in [-0.25, -0.2) is 0 Å². The van der Waals surface area contributed by atoms with Gasteiger partial charge in [-0.15, -0.1) is 0 Å². The first-order valence-electron chi connectivity index (χ1n) is 6.99. The minimum absolute atomic E-state index is 0.0131. The molecule has 5 nitrogen and oxygen atoms in total. The average Bonchev–Trinajstić information content (AvgIpc) is 3.18. The molecule has 0 aromatic heterocycles. The molecule has 1 aromatic rings. The summed E-state index contributed by atoms with van der Waals surface area (Å²) in [5, 5.41) is 5.92. The quantitative estimate of drug-likeness (QED) is 0.752. The zero-order valence-corrected chi connectivity index (χ0v) is 12.7. The molecule has 0 unspecified atom stereocenters. The van der Waals surface area contributed by atoms with Gasteiger partial charge >= 0.3 is 0 Å². The molecule has 2 rings (SSSR count). The standard InChI is InChI=1S/C15H19ClN2O3/c1-10-7-13(10)15(20)18-9-14(19)17-5-6-21-12-4-2-3-11(16)8-12/h2-4,8,10,13H,5-7,9H2,1H3,(H,17,19)(H,18,20)/t10-,13-/m0/s1. The van der Waals surface area contributed by atoms with E-state index in [4.69, 9.17) is 16.3 Å². The van der Waals surface area contributed by atoms with Crippen molar-refractivity contribution in [2.45, 2.75) is 13.3 Å². The molecule has 2 N–H and O–H groups in total. The molecule has 114 valence electrons. The number of hydrogen-bond acceptors (Lipinski definition) is 3. The molecule has 2 amide bonds. The van der Waals surface area contributed by atoms with Crippen molar-refractivity contribution in [3.8, 4) is 5.75 Å². The van der Waals surface area contributed by atoms with Crippen LogP contribution in [0.25, 0.3) is 0 Å². The van der Waals surface area contributed by atoms with Crippen molar-refractivity contribution in [2.75, 3.05) is 19.7 Å². The molecule has 0 saturated heterocycles. The lowest BCUT2D eigenvalue weighted by Crippen LogP contribution is -2.39. The number of carbonyl (C=O) groups is 2. The molecule has 1 fully saturated rings. The molecule has 0 radical (unpaired) electrons. The zero-order chi connectivity index (χ0) is 15.2. The monoisotopic (exact) mass is 310 g/mol. The van der Waals surface area contributed by atoms with Crippen molar-refractivity contribution in [3.05, 3.63) is 29.3 Å². The molecule has 2 atom stereocenters. The van der Waals surface area contributed by atoms with Gasteiger partial charge in [-0.2, -0.15) is 0 Å². The van der Waals surface area contributed by atoms with Crippen LogP contribution in [0.3, 0.4) is 0 Å². The second-order valence-electron chi connectivity index (χ2n) is 5.19. The number of nitrogens with one attached hydrogen (secondary N) is 2. The van der Waals surface area contributed by atoms with E-state index >= 15 is 0 Å². The summed E-state index contributed by atoms with van der Waals surface area (Å²) in [6.07, 6.45) is 0.918. The van der Waals surface area contributed by atoms with Crippen molar-refractivity contribution in [1.82, 2.24) is 10.6 Å². The highest BCUT2D eigenvalue weighted by molar-refractivity contribution is 6.30. The van der Waals surface area contributed by atoms with Crippen LogP contribution < -0.4 is 15.4 Å². The van der Waals surface area contributed by atoms with E-state index in [0.717, 1.165) is 6.42 Å². The Kier molecular flexibility index (Phi) is 5.44. The molecule has 1 aliphatic rings. The normalized spacial score (nSPS) is 19.7. The van der Waals surface area contributed by atoms with Crippen LogP contribution in [-0.2, 0) is 9.59 Å². The van der Waals surface area contributed by atoms with E-state index in [1.807, 2.05) is 6.92 Å². The van der Waals surface area contributed by atoms with Gasteiger partial charge in [-0.3, -0.25) is 9.59 Å². The van der Waals surface area contributed by atoms with Gasteiger partial charge in [0.15, 0.2) is 0 Å². The van der Waals surface area contributed by atoms with E-state index < -0.39 is 0 Å². The topological polar surface area (TPSA) is 67.4 Å². The lowest BCUT2D eigenvalue weighted by Gasteiger charge is -2.08. The van der Waals surface area contributed by atoms with Gasteiger partial charge in [-0.1, -0.05) is 24.6 Å². The first-order chi connectivity index (χ1) is 10.1. The number of halogens is 1. The second kappa shape index (κ2) is 7.31. The van der Waals surface area contributed by atoms with Gasteiger partial charge in [-0.05, 0) is 30.5 Å². The highest BCUT2D eigenvalue weighted by Crippen LogP contribution is 2.37. The Morgan fingerprint density at radius 1 is 1.38 bits per heavy atom. The summed E-state index contributed by atoms with van der Waals surface area (Å²) in [6.45, 7) is 2.76. The zero-order valence-electron chi connectivity index (χ0n) is 11.9. The Hall–Kier alpha value is -1.75. The highest BCUT2D eigenvalue weighted by atomic mass is 35.5. The summed E-state index contributed by atoms with van der Waals surface area (Å²) < 4.78 is 5.44. The fourth-order valence-electron chi connectivity index (χ4n) is 1.96. The van der Waals surface area contributed by atoms with Crippen LogP contribution in [0.2, 0.25) is 5.02 Å². The number of benzene rings is 1. The summed E-state index contributed by atoms with van der Waals surface area (Å²) in [4.78, 5) is 23.1. The van der Waals surface area contributed by atoms with Gasteiger partial charge in [0, 0.05) is 10.9 Å². The molecule has 6 heteroatoms. The maximum atomic E-state index is 11.5. The molecule has 1 aliphatic carbocycles. The first kappa shape index (κ1) is 15.6. The minimum atomic E-state index is -0.216. The predicted molar refractivity (Wildman–Crippen MR) is 80.2 cm³/mol. The highest BCUT2D eigenvalue weighted by Gasteiger charge is 2.38. The van der Waals surface area contributed by atoms with E-state index in [2.05, 4.69) is 10.6 Å². The van der Waals surface area contributed by atoms with E-state index in [0.29, 0.717) is 29.8 Å². The largest absolute Gasteiger partial charge is 0.492 e. The van der Waals surface area contributed by atoms with E-state index in [1.165, 1.54) is 0 Å². The van der Waals surface area contributed by atoms with Crippen molar-refractivity contribution < 1.29 is 14.3 Å². The van der Waals surface area contributed by atoms with Crippen LogP contribution in [0.5, 0.6) is 5.75 Å². The fourth-order valence-corrected chi connectivity index (χ4v) is 2.14. The van der Waals surface area contributed by atoms with Crippen molar-refractivity contribution in [2.24, 2.45) is 11.8 Å². The number of ether oxygens (including phenoxy) is 1. The Balaban J connectivity index is 1.56. The van der Waals surface area contributed by atoms with Crippen LogP contribution in [0.1, 0.15) is 13.3 Å². The van der Waals surface area contributed by atoms with Gasteiger partial charge < -0.3 is 15.4 Å². The third-order valence-electron chi connectivity index (χ3n) is 3.36. The maximum Gasteiger partial charge on any atom is 0.239 e. The lowest BCUT2D eigenvalue weighted by atomic mass is 10.3. The Morgan fingerprint density at radius 2 is 2.14 bits per heavy atom. The Labute approximate surface area is 129 Å². The molecular weight excluding hydrogens is 292 g/mol. The van der Waals surface area contributed by atoms with E-state index in [9.17, 15) is 9.59 Å². The number of hydrogen-bond donors (Lipinski definition) is 2. The summed E-state index contributed by atoms with van der Waals surface area (Å²) in [5.41, 5.74) is 0. The SMILES string of the molecule is C[C@H]1C[C@@H]1C(=O)NCC(=O)NCCOc1cccc(Cl)c1. The molecule has 0 aliphatic heterocycles. The Morgan fingerprint density at radius 3 is 2.81 bits per heavy atom. The maximum absolute atomic E-state index is 11.5. The molecule has 0 bridgehead atoms. The third kappa shape index (κ3) is 5.27. The smallest absolute Gasteiger partial charge is 0.239 e. The average molecular weight is 311 g/mol.